The molecule has 0 spiro atoms. The molecule has 5 nitrogen and oxygen atoms in total. The van der Waals surface area contributed by atoms with Crippen LogP contribution in [0.5, 0.6) is 0 Å². The molecule has 0 saturated carbocycles. The fourth-order valence-corrected chi connectivity index (χ4v) is 10.2. The second-order valence-corrected chi connectivity index (χ2v) is 15.4. The summed E-state index contributed by atoms with van der Waals surface area (Å²) in [4.78, 5) is 19.6. The van der Waals surface area contributed by atoms with E-state index in [9.17, 15) is 9.59 Å². The third kappa shape index (κ3) is 8.50. The summed E-state index contributed by atoms with van der Waals surface area (Å²) in [7, 11) is 0. The molecule has 0 aromatic carbocycles. The van der Waals surface area contributed by atoms with Crippen LogP contribution < -0.4 is 0 Å². The van der Waals surface area contributed by atoms with Gasteiger partial charge in [0.05, 0.1) is 0 Å². The van der Waals surface area contributed by atoms with Crippen molar-refractivity contribution in [2.45, 2.75) is 0 Å². The van der Waals surface area contributed by atoms with Gasteiger partial charge in [-0.3, -0.25) is 0 Å². The summed E-state index contributed by atoms with van der Waals surface area (Å²) in [6.45, 7) is 0. The van der Waals surface area contributed by atoms with Gasteiger partial charge in [0.1, 0.15) is 0 Å². The van der Waals surface area contributed by atoms with E-state index in [0.29, 0.717) is 0 Å². The molecule has 0 amide bonds. The van der Waals surface area contributed by atoms with Crippen LogP contribution in [0, 0.1) is 0 Å². The maximum atomic E-state index is 9.79. The maximum absolute atomic E-state index is 9.79. The Morgan fingerprint density at radius 1 is 1.11 bits per heavy atom. The molecule has 9 heavy (non-hydrogen) atoms. The van der Waals surface area contributed by atoms with Crippen molar-refractivity contribution in [3.63, 3.8) is 0 Å². The minimum atomic E-state index is -2.13. The van der Waals surface area contributed by atoms with Gasteiger partial charge in [-0.2, -0.15) is 0 Å². The van der Waals surface area contributed by atoms with Crippen LogP contribution in [0.4, 0.5) is 9.59 Å². The second kappa shape index (κ2) is 5.30. The van der Waals surface area contributed by atoms with Crippen molar-refractivity contribution >= 4 is 51.1 Å². The molecule has 0 aromatic heterocycles. The van der Waals surface area contributed by atoms with E-state index in [0.717, 1.165) is 0 Å². The summed E-state index contributed by atoms with van der Waals surface area (Å²) >= 11 is -4.26. The first-order valence-electron chi connectivity index (χ1n) is 2.14. The van der Waals surface area contributed by atoms with Crippen LogP contribution in [-0.2, 0) is 1.41 Å². The molecule has 0 rings (SSSR count). The van der Waals surface area contributed by atoms with Crippen LogP contribution in [0.2, 0.25) is 0 Å². The fourth-order valence-electron chi connectivity index (χ4n) is 0.226. The van der Waals surface area contributed by atoms with E-state index in [-0.39, 0.29) is 0 Å². The number of hydrogen-bond donors (Lipinski definition) is 2. The Labute approximate surface area is 71.9 Å². The zero-order chi connectivity index (χ0) is 7.28. The molecule has 52 valence electrons. The summed E-state index contributed by atoms with van der Waals surface area (Å²) in [6, 6.07) is 0. The van der Waals surface area contributed by atoms with Crippen LogP contribution in [0.1, 0.15) is 0 Å². The van der Waals surface area contributed by atoms with Crippen molar-refractivity contribution in [1.29, 1.82) is 0 Å². The first-order chi connectivity index (χ1) is 4.13. The molecule has 0 aliphatic heterocycles. The molecule has 0 aliphatic carbocycles. The van der Waals surface area contributed by atoms with Gasteiger partial charge in [0.2, 0.25) is 0 Å². The molecule has 0 radical (unpaired) electrons. The average Bonchev–Trinajstić information content (AvgIpc) is 1.63. The van der Waals surface area contributed by atoms with E-state index in [1.807, 2.05) is 0 Å². The van der Waals surface area contributed by atoms with Crippen molar-refractivity contribution in [3.05, 3.63) is 0 Å². The number of hydrogen-bond acceptors (Lipinski definition) is 3. The standard InChI is InChI=1S/2CHO2.O.2Sn.4H/c2*2-1-3;;;;;;;/h2*(H,2,3);;;;;;;. The van der Waals surface area contributed by atoms with Crippen molar-refractivity contribution in [3.8, 4) is 0 Å². The Morgan fingerprint density at radius 3 is 1.67 bits per heavy atom. The van der Waals surface area contributed by atoms with Gasteiger partial charge in [-0.05, 0) is 0 Å². The third-order valence-electron chi connectivity index (χ3n) is 0.451. The van der Waals surface area contributed by atoms with E-state index in [2.05, 4.69) is 1.41 Å². The minimum absolute atomic E-state index is 0.908. The normalized spacial score (nSPS) is 11.6. The molecule has 0 saturated heterocycles. The van der Waals surface area contributed by atoms with E-state index in [4.69, 9.17) is 10.2 Å². The summed E-state index contributed by atoms with van der Waals surface area (Å²) in [6.07, 6.45) is 0. The molecule has 2 N–H and O–H groups in total. The van der Waals surface area contributed by atoms with Crippen LogP contribution >= 0.6 is 0 Å². The van der Waals surface area contributed by atoms with Crippen molar-refractivity contribution in [1.82, 2.24) is 0 Å². The molecular formula is C2H6O5Sn2. The van der Waals surface area contributed by atoms with Gasteiger partial charge in [-0.1, -0.05) is 0 Å². The Balaban J connectivity index is 3.10. The van der Waals surface area contributed by atoms with E-state index in [1.165, 1.54) is 0 Å². The molecular weight excluding hydrogens is 341 g/mol. The van der Waals surface area contributed by atoms with Crippen molar-refractivity contribution in [2.24, 2.45) is 0 Å². The quantitative estimate of drug-likeness (QED) is 0.607. The zero-order valence-corrected chi connectivity index (χ0v) is 12.6. The molecule has 0 aromatic rings. The van der Waals surface area contributed by atoms with Gasteiger partial charge >= 0.3 is 72.3 Å². The molecule has 0 fully saturated rings. The van der Waals surface area contributed by atoms with Crippen LogP contribution in [0.25, 0.3) is 0 Å². The number of rotatable bonds is 4. The van der Waals surface area contributed by atoms with Gasteiger partial charge < -0.3 is 0 Å². The van der Waals surface area contributed by atoms with E-state index >= 15 is 0 Å². The molecule has 0 aliphatic rings. The van der Waals surface area contributed by atoms with Crippen LogP contribution in [0.3, 0.4) is 0 Å². The SMILES string of the molecule is O=[C](O)[SnH2][O][SnH2][C](=O)O. The summed E-state index contributed by atoms with van der Waals surface area (Å²) < 4.78 is 2.76. The molecule has 0 unspecified atom stereocenters. The van der Waals surface area contributed by atoms with Crippen molar-refractivity contribution < 1.29 is 21.2 Å². The Morgan fingerprint density at radius 2 is 1.44 bits per heavy atom. The summed E-state index contributed by atoms with van der Waals surface area (Å²) in [5.74, 6) is 0. The molecule has 0 bridgehead atoms. The van der Waals surface area contributed by atoms with Gasteiger partial charge in [-0.25, -0.2) is 0 Å². The molecule has 0 heterocycles. The van der Waals surface area contributed by atoms with Gasteiger partial charge in [0.15, 0.2) is 0 Å². The number of carboxylic acid groups (broad SMARTS) is 2. The van der Waals surface area contributed by atoms with Gasteiger partial charge in [0.25, 0.3) is 0 Å². The predicted molar refractivity (Wildman–Crippen MR) is 34.2 cm³/mol. The fraction of sp³-hybridized carbons (Fsp3) is 0. The Hall–Kier alpha value is 0.497. The average molecular weight is 347 g/mol. The molecule has 7 heteroatoms. The summed E-state index contributed by atoms with van der Waals surface area (Å²) in [5.41, 5.74) is 0. The Kier molecular flexibility index (Phi) is 5.59. The second-order valence-electron chi connectivity index (χ2n) is 1.28. The third-order valence-corrected chi connectivity index (χ3v) is 10.8. The van der Waals surface area contributed by atoms with Crippen LogP contribution in [-0.4, -0.2) is 61.3 Å². The first-order valence-corrected chi connectivity index (χ1v) is 9.47. The predicted octanol–water partition coefficient (Wildman–Crippen LogP) is -1.47. The topological polar surface area (TPSA) is 83.8 Å². The zero-order valence-electron chi connectivity index (χ0n) is 4.53. The van der Waals surface area contributed by atoms with Crippen LogP contribution in [0.15, 0.2) is 0 Å². The van der Waals surface area contributed by atoms with Crippen molar-refractivity contribution in [2.75, 3.05) is 0 Å². The van der Waals surface area contributed by atoms with Gasteiger partial charge in [-0.15, -0.1) is 0 Å². The van der Waals surface area contributed by atoms with E-state index < -0.39 is 51.1 Å². The number of carbonyl (C=O) groups is 2. The Bertz CT molecular complexity index is 108. The van der Waals surface area contributed by atoms with E-state index in [1.54, 1.807) is 0 Å². The first kappa shape index (κ1) is 9.50. The van der Waals surface area contributed by atoms with Gasteiger partial charge in [0, 0.05) is 0 Å². The monoisotopic (exact) mass is 350 g/mol. The summed E-state index contributed by atoms with van der Waals surface area (Å²) in [5, 5.41) is 16.1. The molecule has 0 atom stereocenters.